The van der Waals surface area contributed by atoms with Crippen LogP contribution in [0.5, 0.6) is 0 Å². The van der Waals surface area contributed by atoms with Gasteiger partial charge in [-0.3, -0.25) is 4.57 Å². The van der Waals surface area contributed by atoms with Crippen molar-refractivity contribution in [1.82, 2.24) is 4.57 Å². The highest BCUT2D eigenvalue weighted by atomic mass is 32.9. The van der Waals surface area contributed by atoms with Crippen LogP contribution in [0.1, 0.15) is 19.4 Å². The fourth-order valence-corrected chi connectivity index (χ4v) is 3.90. The number of aromatic nitrogens is 1. The van der Waals surface area contributed by atoms with Gasteiger partial charge in [-0.05, 0) is 40.1 Å². The van der Waals surface area contributed by atoms with Gasteiger partial charge in [-0.1, -0.05) is 30.3 Å². The van der Waals surface area contributed by atoms with Crippen molar-refractivity contribution in [3.63, 3.8) is 0 Å². The molecule has 24 heavy (non-hydrogen) atoms. The van der Waals surface area contributed by atoms with Crippen LogP contribution in [0.4, 0.5) is 9.59 Å². The lowest BCUT2D eigenvalue weighted by atomic mass is 10.2. The molecule has 7 nitrogen and oxygen atoms in total. The monoisotopic (exact) mass is 367 g/mol. The second-order valence-corrected chi connectivity index (χ2v) is 6.49. The van der Waals surface area contributed by atoms with Crippen LogP contribution in [0.2, 0.25) is 0 Å². The maximum Gasteiger partial charge on any atom is 0.436 e. The third-order valence-electron chi connectivity index (χ3n) is 2.75. The molecule has 2 rings (SSSR count). The van der Waals surface area contributed by atoms with E-state index in [2.05, 4.69) is 9.98 Å². The predicted octanol–water partition coefficient (Wildman–Crippen LogP) is 2.77. The molecule has 0 saturated heterocycles. The summed E-state index contributed by atoms with van der Waals surface area (Å²) in [6.45, 7) is 4.34. The summed E-state index contributed by atoms with van der Waals surface area (Å²) in [7, 11) is 2.49. The van der Waals surface area contributed by atoms with Crippen LogP contribution in [-0.4, -0.2) is 30.0 Å². The van der Waals surface area contributed by atoms with E-state index in [0.717, 1.165) is 5.56 Å². The highest BCUT2D eigenvalue weighted by Gasteiger charge is 2.08. The average Bonchev–Trinajstić information content (AvgIpc) is 2.91. The van der Waals surface area contributed by atoms with Crippen LogP contribution in [0.25, 0.3) is 0 Å². The normalized spacial score (nSPS) is 12.2. The van der Waals surface area contributed by atoms with Crippen molar-refractivity contribution in [2.75, 3.05) is 13.2 Å². The molecule has 2 aromatic rings. The summed E-state index contributed by atoms with van der Waals surface area (Å²) in [5.41, 5.74) is 0.994. The highest BCUT2D eigenvalue weighted by molar-refractivity contribution is 7.67. The lowest BCUT2D eigenvalue weighted by Crippen LogP contribution is -2.28. The van der Waals surface area contributed by atoms with Crippen LogP contribution in [-0.2, 0) is 16.0 Å². The Morgan fingerprint density at radius 1 is 0.958 bits per heavy atom. The molecular weight excluding hydrogens is 350 g/mol. The standard InChI is InChI=1S/C15H17N3O4S2/c1-3-21-14(19)16-12-18(10-11-8-6-5-7-9-11)13(24-23-12)17-15(20)22-4-2/h5-9H,3-4,10H2,1-2H3/b16-12-,17-13-. The average molecular weight is 367 g/mol. The summed E-state index contributed by atoms with van der Waals surface area (Å²) < 4.78 is 11.4. The van der Waals surface area contributed by atoms with E-state index >= 15 is 0 Å². The van der Waals surface area contributed by atoms with E-state index in [1.165, 1.54) is 20.7 Å². The Kier molecular flexibility index (Phi) is 6.89. The smallest absolute Gasteiger partial charge is 0.436 e. The number of nitrogens with zero attached hydrogens (tertiary/aromatic N) is 3. The molecule has 128 valence electrons. The zero-order chi connectivity index (χ0) is 17.4. The molecule has 0 saturated carbocycles. The third kappa shape index (κ3) is 5.14. The van der Waals surface area contributed by atoms with Gasteiger partial charge in [0, 0.05) is 0 Å². The Balaban J connectivity index is 2.47. The Morgan fingerprint density at radius 3 is 1.92 bits per heavy atom. The maximum absolute atomic E-state index is 11.6. The minimum absolute atomic E-state index is 0.246. The number of hydrogen-bond donors (Lipinski definition) is 0. The van der Waals surface area contributed by atoms with Gasteiger partial charge < -0.3 is 9.47 Å². The van der Waals surface area contributed by atoms with E-state index in [1.54, 1.807) is 18.4 Å². The van der Waals surface area contributed by atoms with E-state index < -0.39 is 12.2 Å². The summed E-state index contributed by atoms with van der Waals surface area (Å²) in [4.78, 5) is 32.0. The zero-order valence-electron chi connectivity index (χ0n) is 13.3. The Bertz CT molecular complexity index is 773. The zero-order valence-corrected chi connectivity index (χ0v) is 14.9. The number of ether oxygens (including phenoxy) is 2. The molecule has 2 amide bonds. The van der Waals surface area contributed by atoms with Crippen LogP contribution in [0.15, 0.2) is 40.3 Å². The molecule has 0 bridgehead atoms. The summed E-state index contributed by atoms with van der Waals surface area (Å²) in [6, 6.07) is 9.62. The number of hydrogen-bond acceptors (Lipinski definition) is 6. The first kappa shape index (κ1) is 18.1. The van der Waals surface area contributed by atoms with Crippen molar-refractivity contribution < 1.29 is 19.1 Å². The van der Waals surface area contributed by atoms with E-state index in [4.69, 9.17) is 9.47 Å². The number of benzene rings is 1. The number of carbonyl (C=O) groups is 2. The van der Waals surface area contributed by atoms with Gasteiger partial charge >= 0.3 is 12.2 Å². The van der Waals surface area contributed by atoms with Crippen LogP contribution in [0, 0.1) is 0 Å². The van der Waals surface area contributed by atoms with Crippen molar-refractivity contribution in [2.24, 2.45) is 9.98 Å². The van der Waals surface area contributed by atoms with Gasteiger partial charge in [0.1, 0.15) is 0 Å². The second kappa shape index (κ2) is 9.14. The van der Waals surface area contributed by atoms with Gasteiger partial charge in [0.2, 0.25) is 9.60 Å². The van der Waals surface area contributed by atoms with E-state index in [0.29, 0.717) is 16.1 Å². The second-order valence-electron chi connectivity index (χ2n) is 4.43. The molecule has 0 radical (unpaired) electrons. The first-order valence-electron chi connectivity index (χ1n) is 7.31. The molecule has 1 aromatic carbocycles. The van der Waals surface area contributed by atoms with Crippen LogP contribution < -0.4 is 9.60 Å². The molecule has 0 aliphatic carbocycles. The molecular formula is C15H17N3O4S2. The van der Waals surface area contributed by atoms with Crippen molar-refractivity contribution >= 4 is 32.9 Å². The van der Waals surface area contributed by atoms with Crippen molar-refractivity contribution in [1.29, 1.82) is 0 Å². The number of rotatable bonds is 4. The van der Waals surface area contributed by atoms with Gasteiger partial charge in [-0.2, -0.15) is 0 Å². The maximum atomic E-state index is 11.6. The molecule has 1 heterocycles. The minimum Gasteiger partial charge on any atom is -0.448 e. The van der Waals surface area contributed by atoms with Crippen LogP contribution >= 0.6 is 20.7 Å². The SMILES string of the molecule is CCOC(=O)/N=c1\ss/c(=N\C(=O)OCC)n1Cc1ccccc1. The quantitative estimate of drug-likeness (QED) is 0.778. The van der Waals surface area contributed by atoms with E-state index in [-0.39, 0.29) is 13.2 Å². The fourth-order valence-electron chi connectivity index (χ4n) is 1.77. The third-order valence-corrected chi connectivity index (χ3v) is 4.89. The number of amides is 2. The van der Waals surface area contributed by atoms with Crippen molar-refractivity contribution in [3.05, 3.63) is 45.5 Å². The van der Waals surface area contributed by atoms with Crippen LogP contribution in [0.3, 0.4) is 0 Å². The first-order chi connectivity index (χ1) is 11.6. The lowest BCUT2D eigenvalue weighted by molar-refractivity contribution is 0.162. The molecule has 0 fully saturated rings. The van der Waals surface area contributed by atoms with Gasteiger partial charge in [-0.25, -0.2) is 9.59 Å². The summed E-state index contributed by atoms with van der Waals surface area (Å²) >= 11 is 0. The van der Waals surface area contributed by atoms with Gasteiger partial charge in [0.25, 0.3) is 0 Å². The van der Waals surface area contributed by atoms with E-state index in [9.17, 15) is 9.59 Å². The first-order valence-corrected chi connectivity index (χ1v) is 9.45. The van der Waals surface area contributed by atoms with Crippen molar-refractivity contribution in [3.8, 4) is 0 Å². The molecule has 9 heteroatoms. The van der Waals surface area contributed by atoms with Gasteiger partial charge in [-0.15, -0.1) is 9.98 Å². The Hall–Kier alpha value is -2.26. The molecule has 0 atom stereocenters. The summed E-state index contributed by atoms with van der Waals surface area (Å²) in [5.74, 6) is 0. The Morgan fingerprint density at radius 2 is 1.46 bits per heavy atom. The largest absolute Gasteiger partial charge is 0.448 e. The summed E-state index contributed by atoms with van der Waals surface area (Å²) in [6.07, 6.45) is -1.34. The minimum atomic E-state index is -0.670. The Labute approximate surface area is 145 Å². The molecule has 1 aromatic heterocycles. The molecule has 0 unspecified atom stereocenters. The molecule has 0 aliphatic rings. The van der Waals surface area contributed by atoms with E-state index in [1.807, 2.05) is 30.3 Å². The number of carbonyl (C=O) groups excluding carboxylic acids is 2. The molecule has 0 N–H and O–H groups in total. The topological polar surface area (TPSA) is 82.2 Å². The van der Waals surface area contributed by atoms with Crippen molar-refractivity contribution in [2.45, 2.75) is 20.4 Å². The highest BCUT2D eigenvalue weighted by Crippen LogP contribution is 2.02. The predicted molar refractivity (Wildman–Crippen MR) is 90.9 cm³/mol. The van der Waals surface area contributed by atoms with Gasteiger partial charge in [0.15, 0.2) is 0 Å². The summed E-state index contributed by atoms with van der Waals surface area (Å²) in [5, 5.41) is 0. The lowest BCUT2D eigenvalue weighted by Gasteiger charge is -2.03. The fraction of sp³-hybridized carbons (Fsp3) is 0.333. The molecule has 0 spiro atoms. The van der Waals surface area contributed by atoms with Gasteiger partial charge in [0.05, 0.1) is 19.8 Å². The molecule has 0 aliphatic heterocycles.